The van der Waals surface area contributed by atoms with E-state index in [0.717, 1.165) is 0 Å². The summed E-state index contributed by atoms with van der Waals surface area (Å²) in [5.41, 5.74) is -1.68. The van der Waals surface area contributed by atoms with Gasteiger partial charge in [0.1, 0.15) is 5.82 Å². The molecule has 0 unspecified atom stereocenters. The SMILES string of the molecule is O=Cc1cc(C(F)(F)F)c(F)cc1Br. The van der Waals surface area contributed by atoms with E-state index in [2.05, 4.69) is 15.9 Å². The van der Waals surface area contributed by atoms with E-state index in [1.165, 1.54) is 0 Å². The molecule has 0 saturated heterocycles. The van der Waals surface area contributed by atoms with Gasteiger partial charge in [0.15, 0.2) is 6.29 Å². The van der Waals surface area contributed by atoms with Gasteiger partial charge in [0.05, 0.1) is 5.56 Å². The van der Waals surface area contributed by atoms with Crippen molar-refractivity contribution in [1.82, 2.24) is 0 Å². The van der Waals surface area contributed by atoms with Crippen molar-refractivity contribution in [3.63, 3.8) is 0 Å². The Labute approximate surface area is 84.9 Å². The molecule has 76 valence electrons. The highest BCUT2D eigenvalue weighted by Gasteiger charge is 2.34. The first-order chi connectivity index (χ1) is 6.36. The smallest absolute Gasteiger partial charge is 0.298 e. The minimum Gasteiger partial charge on any atom is -0.298 e. The number of hydrogen-bond donors (Lipinski definition) is 0. The van der Waals surface area contributed by atoms with Crippen LogP contribution in [0, 0.1) is 5.82 Å². The molecule has 0 saturated carbocycles. The molecule has 0 atom stereocenters. The van der Waals surface area contributed by atoms with Gasteiger partial charge in [-0.25, -0.2) is 4.39 Å². The van der Waals surface area contributed by atoms with Gasteiger partial charge < -0.3 is 0 Å². The maximum atomic E-state index is 12.8. The number of carbonyl (C=O) groups is 1. The minimum atomic E-state index is -4.79. The molecule has 0 amide bonds. The summed E-state index contributed by atoms with van der Waals surface area (Å²) in [6.45, 7) is 0. The predicted molar refractivity (Wildman–Crippen MR) is 44.5 cm³/mol. The third-order valence-corrected chi connectivity index (χ3v) is 2.21. The normalized spacial score (nSPS) is 11.5. The van der Waals surface area contributed by atoms with Crippen molar-refractivity contribution in [1.29, 1.82) is 0 Å². The van der Waals surface area contributed by atoms with E-state index in [-0.39, 0.29) is 16.3 Å². The average molecular weight is 271 g/mol. The third kappa shape index (κ3) is 2.12. The van der Waals surface area contributed by atoms with Crippen LogP contribution in [0.15, 0.2) is 16.6 Å². The third-order valence-electron chi connectivity index (χ3n) is 1.52. The molecule has 0 fully saturated rings. The average Bonchev–Trinajstić information content (AvgIpc) is 2.02. The second kappa shape index (κ2) is 3.68. The molecule has 0 aliphatic carbocycles. The highest BCUT2D eigenvalue weighted by Crippen LogP contribution is 2.33. The van der Waals surface area contributed by atoms with Gasteiger partial charge in [0, 0.05) is 10.0 Å². The van der Waals surface area contributed by atoms with Crippen LogP contribution in [0.5, 0.6) is 0 Å². The lowest BCUT2D eigenvalue weighted by Crippen LogP contribution is -2.09. The fourth-order valence-corrected chi connectivity index (χ4v) is 1.28. The molecule has 1 rings (SSSR count). The van der Waals surface area contributed by atoms with Gasteiger partial charge in [-0.1, -0.05) is 0 Å². The zero-order valence-corrected chi connectivity index (χ0v) is 8.12. The van der Waals surface area contributed by atoms with Crippen molar-refractivity contribution in [2.24, 2.45) is 0 Å². The van der Waals surface area contributed by atoms with E-state index >= 15 is 0 Å². The van der Waals surface area contributed by atoms with Crippen LogP contribution in [-0.2, 0) is 6.18 Å². The molecule has 1 aromatic rings. The Balaban J connectivity index is 3.39. The lowest BCUT2D eigenvalue weighted by molar-refractivity contribution is -0.140. The zero-order valence-electron chi connectivity index (χ0n) is 6.53. The van der Waals surface area contributed by atoms with Crippen molar-refractivity contribution in [2.45, 2.75) is 6.18 Å². The van der Waals surface area contributed by atoms with Gasteiger partial charge in [-0.2, -0.15) is 13.2 Å². The van der Waals surface area contributed by atoms with Crippen LogP contribution in [0.2, 0.25) is 0 Å². The van der Waals surface area contributed by atoms with Crippen LogP contribution in [0.3, 0.4) is 0 Å². The molecule has 0 aromatic heterocycles. The van der Waals surface area contributed by atoms with Crippen LogP contribution in [0.1, 0.15) is 15.9 Å². The van der Waals surface area contributed by atoms with E-state index in [9.17, 15) is 22.4 Å². The quantitative estimate of drug-likeness (QED) is 0.565. The molecule has 0 heterocycles. The molecular weight excluding hydrogens is 268 g/mol. The fourth-order valence-electron chi connectivity index (χ4n) is 0.873. The van der Waals surface area contributed by atoms with Crippen molar-refractivity contribution in [3.8, 4) is 0 Å². The molecule has 1 aromatic carbocycles. The van der Waals surface area contributed by atoms with Gasteiger partial charge >= 0.3 is 6.18 Å². The van der Waals surface area contributed by atoms with Crippen LogP contribution in [0.25, 0.3) is 0 Å². The summed E-state index contributed by atoms with van der Waals surface area (Å²) in [5.74, 6) is -1.41. The molecule has 0 aliphatic heterocycles. The summed E-state index contributed by atoms with van der Waals surface area (Å²) >= 11 is 2.77. The zero-order chi connectivity index (χ0) is 10.9. The number of halogens is 5. The topological polar surface area (TPSA) is 17.1 Å². The van der Waals surface area contributed by atoms with Crippen LogP contribution >= 0.6 is 15.9 Å². The number of alkyl halides is 3. The maximum absolute atomic E-state index is 12.8. The summed E-state index contributed by atoms with van der Waals surface area (Å²) in [6.07, 6.45) is -4.57. The van der Waals surface area contributed by atoms with E-state index < -0.39 is 17.6 Å². The highest BCUT2D eigenvalue weighted by molar-refractivity contribution is 9.10. The minimum absolute atomic E-state index is 0.00185. The highest BCUT2D eigenvalue weighted by atomic mass is 79.9. The van der Waals surface area contributed by atoms with Gasteiger partial charge in [-0.15, -0.1) is 0 Å². The van der Waals surface area contributed by atoms with Crippen molar-refractivity contribution in [3.05, 3.63) is 33.5 Å². The second-order valence-corrected chi connectivity index (χ2v) is 3.32. The summed E-state index contributed by atoms with van der Waals surface area (Å²) in [7, 11) is 0. The van der Waals surface area contributed by atoms with Gasteiger partial charge in [-0.3, -0.25) is 4.79 Å². The number of aldehydes is 1. The molecule has 0 aliphatic rings. The molecule has 6 heteroatoms. The Morgan fingerprint density at radius 2 is 1.86 bits per heavy atom. The van der Waals surface area contributed by atoms with Gasteiger partial charge in [-0.05, 0) is 28.1 Å². The first-order valence-electron chi connectivity index (χ1n) is 3.37. The Kier molecular flexibility index (Phi) is 2.94. The largest absolute Gasteiger partial charge is 0.419 e. The standard InChI is InChI=1S/C8H3BrF4O/c9-6-2-7(10)5(8(11,12)13)1-4(6)3-14/h1-3H. The molecule has 0 spiro atoms. The van der Waals surface area contributed by atoms with Crippen molar-refractivity contribution < 1.29 is 22.4 Å². The molecule has 0 bridgehead atoms. The summed E-state index contributed by atoms with van der Waals surface area (Å²) in [5, 5.41) is 0. The van der Waals surface area contributed by atoms with E-state index in [4.69, 9.17) is 0 Å². The van der Waals surface area contributed by atoms with E-state index in [0.29, 0.717) is 12.1 Å². The molecule has 0 N–H and O–H groups in total. The maximum Gasteiger partial charge on any atom is 0.419 e. The summed E-state index contributed by atoms with van der Waals surface area (Å²) in [6, 6.07) is 1.08. The Morgan fingerprint density at radius 1 is 1.29 bits per heavy atom. The predicted octanol–water partition coefficient (Wildman–Crippen LogP) is 3.42. The van der Waals surface area contributed by atoms with Gasteiger partial charge in [0.25, 0.3) is 0 Å². The van der Waals surface area contributed by atoms with Crippen LogP contribution < -0.4 is 0 Å². The first-order valence-corrected chi connectivity index (χ1v) is 4.17. The molecule has 1 nitrogen and oxygen atoms in total. The second-order valence-electron chi connectivity index (χ2n) is 2.47. The van der Waals surface area contributed by atoms with Crippen molar-refractivity contribution >= 4 is 22.2 Å². The number of rotatable bonds is 1. The fraction of sp³-hybridized carbons (Fsp3) is 0.125. The van der Waals surface area contributed by atoms with Crippen LogP contribution in [0.4, 0.5) is 17.6 Å². The lowest BCUT2D eigenvalue weighted by atomic mass is 10.1. The number of benzene rings is 1. The number of hydrogen-bond acceptors (Lipinski definition) is 1. The van der Waals surface area contributed by atoms with E-state index in [1.54, 1.807) is 0 Å². The van der Waals surface area contributed by atoms with E-state index in [1.807, 2.05) is 0 Å². The lowest BCUT2D eigenvalue weighted by Gasteiger charge is -2.08. The molecule has 14 heavy (non-hydrogen) atoms. The Morgan fingerprint density at radius 3 is 2.29 bits per heavy atom. The Bertz CT molecular complexity index is 372. The first kappa shape index (κ1) is 11.2. The summed E-state index contributed by atoms with van der Waals surface area (Å²) < 4.78 is 49.2. The monoisotopic (exact) mass is 270 g/mol. The molecular formula is C8H3BrF4O. The van der Waals surface area contributed by atoms with Crippen molar-refractivity contribution in [2.75, 3.05) is 0 Å². The summed E-state index contributed by atoms with van der Waals surface area (Å²) in [4.78, 5) is 10.3. The van der Waals surface area contributed by atoms with Crippen LogP contribution in [-0.4, -0.2) is 6.29 Å². The molecule has 0 radical (unpaired) electrons. The number of carbonyl (C=O) groups excluding carboxylic acids is 1. The Hall–Kier alpha value is -0.910. The van der Waals surface area contributed by atoms with Gasteiger partial charge in [0.2, 0.25) is 0 Å².